The number of ether oxygens (including phenoxy) is 3. The van der Waals surface area contributed by atoms with Crippen LogP contribution in [-0.2, 0) is 48.0 Å². The van der Waals surface area contributed by atoms with Crippen molar-refractivity contribution in [2.45, 2.75) is 63.3 Å². The van der Waals surface area contributed by atoms with Gasteiger partial charge < -0.3 is 44.9 Å². The highest BCUT2D eigenvalue weighted by Gasteiger charge is 2.38. The zero-order valence-corrected chi connectivity index (χ0v) is 33.2. The van der Waals surface area contributed by atoms with Crippen molar-refractivity contribution in [2.24, 2.45) is 0 Å². The van der Waals surface area contributed by atoms with Gasteiger partial charge in [-0.3, -0.25) is 28.8 Å². The first kappa shape index (κ1) is 42.6. The Morgan fingerprint density at radius 3 is 1.68 bits per heavy atom. The summed E-state index contributed by atoms with van der Waals surface area (Å²) in [5, 5.41) is 8.01. The standard InChI is InChI=1S/C41H52N6O9/c1-25-37(49)42-24-36(48)45(3)31(20-28-14-17-30(54-6)18-15-28)38(50)44-26(2)40(52)47(5)33(21-27-12-10-9-11-13-27)41(53)46(4)32(39(51)43-25)22-29-16-19-34(55-7)35(23-29)56-8/h9-19,23,25-26,31-33H,20-22,24H2,1-8H3,(H,42,49)(H,43,51)(H,44,50)/t25-,26+,31?,32+,33+/m1/s1. The van der Waals surface area contributed by atoms with Gasteiger partial charge in [0.1, 0.15) is 36.0 Å². The molecule has 0 bridgehead atoms. The Morgan fingerprint density at radius 1 is 0.554 bits per heavy atom. The molecule has 1 saturated heterocycles. The van der Waals surface area contributed by atoms with Crippen LogP contribution in [0.25, 0.3) is 0 Å². The van der Waals surface area contributed by atoms with Crippen molar-refractivity contribution in [3.05, 3.63) is 89.5 Å². The maximum atomic E-state index is 14.7. The lowest BCUT2D eigenvalue weighted by molar-refractivity contribution is -0.149. The molecule has 1 unspecified atom stereocenters. The monoisotopic (exact) mass is 772 g/mol. The molecule has 0 aromatic heterocycles. The quantitative estimate of drug-likeness (QED) is 0.290. The number of rotatable bonds is 9. The van der Waals surface area contributed by atoms with E-state index in [2.05, 4.69) is 16.0 Å². The average molecular weight is 773 g/mol. The summed E-state index contributed by atoms with van der Waals surface area (Å²) in [7, 11) is 8.89. The minimum Gasteiger partial charge on any atom is -0.497 e. The van der Waals surface area contributed by atoms with E-state index in [1.165, 1.54) is 71.0 Å². The van der Waals surface area contributed by atoms with Crippen molar-refractivity contribution >= 4 is 35.4 Å². The minimum absolute atomic E-state index is 0.00378. The van der Waals surface area contributed by atoms with Gasteiger partial charge in [-0.05, 0) is 54.8 Å². The van der Waals surface area contributed by atoms with E-state index in [9.17, 15) is 28.8 Å². The molecular weight excluding hydrogens is 720 g/mol. The lowest BCUT2D eigenvalue weighted by Gasteiger charge is -2.36. The number of carbonyl (C=O) groups is 6. The second-order valence-corrected chi connectivity index (χ2v) is 13.8. The first-order chi connectivity index (χ1) is 26.7. The van der Waals surface area contributed by atoms with Gasteiger partial charge in [0, 0.05) is 40.4 Å². The summed E-state index contributed by atoms with van der Waals surface area (Å²) < 4.78 is 16.1. The van der Waals surface area contributed by atoms with Gasteiger partial charge in [-0.2, -0.15) is 0 Å². The van der Waals surface area contributed by atoms with E-state index in [0.717, 1.165) is 5.56 Å². The number of carbonyl (C=O) groups excluding carboxylic acids is 6. The number of nitrogens with one attached hydrogen (secondary N) is 3. The molecule has 5 atom stereocenters. The maximum Gasteiger partial charge on any atom is 0.246 e. The van der Waals surface area contributed by atoms with Gasteiger partial charge in [-0.15, -0.1) is 0 Å². The fourth-order valence-electron chi connectivity index (χ4n) is 6.46. The smallest absolute Gasteiger partial charge is 0.246 e. The molecule has 4 rings (SSSR count). The summed E-state index contributed by atoms with van der Waals surface area (Å²) in [4.78, 5) is 87.5. The number of hydrogen-bond acceptors (Lipinski definition) is 9. The van der Waals surface area contributed by atoms with Crippen LogP contribution in [0.5, 0.6) is 17.2 Å². The zero-order valence-electron chi connectivity index (χ0n) is 33.2. The van der Waals surface area contributed by atoms with Crippen LogP contribution in [0.4, 0.5) is 0 Å². The first-order valence-corrected chi connectivity index (χ1v) is 18.2. The fourth-order valence-corrected chi connectivity index (χ4v) is 6.46. The average Bonchev–Trinajstić information content (AvgIpc) is 3.21. The molecule has 0 spiro atoms. The number of methoxy groups -OCH3 is 3. The lowest BCUT2D eigenvalue weighted by Crippen LogP contribution is -2.60. The molecule has 1 aliphatic heterocycles. The van der Waals surface area contributed by atoms with Gasteiger partial charge in [0.05, 0.1) is 27.9 Å². The molecule has 3 N–H and O–H groups in total. The summed E-state index contributed by atoms with van der Waals surface area (Å²) in [6.07, 6.45) is 0.175. The highest BCUT2D eigenvalue weighted by molar-refractivity contribution is 5.97. The Bertz CT molecular complexity index is 1870. The molecule has 300 valence electrons. The molecule has 3 aromatic rings. The molecule has 0 radical (unpaired) electrons. The van der Waals surface area contributed by atoms with Crippen molar-refractivity contribution in [3.8, 4) is 17.2 Å². The molecule has 1 heterocycles. The van der Waals surface area contributed by atoms with Crippen molar-refractivity contribution in [2.75, 3.05) is 49.0 Å². The second-order valence-electron chi connectivity index (χ2n) is 13.8. The van der Waals surface area contributed by atoms with Crippen LogP contribution >= 0.6 is 0 Å². The third-order valence-corrected chi connectivity index (χ3v) is 10.0. The summed E-state index contributed by atoms with van der Waals surface area (Å²) in [5.41, 5.74) is 2.09. The maximum absolute atomic E-state index is 14.7. The zero-order chi connectivity index (χ0) is 41.1. The molecule has 1 fully saturated rings. The van der Waals surface area contributed by atoms with Gasteiger partial charge in [0.25, 0.3) is 0 Å². The number of benzene rings is 3. The Balaban J connectivity index is 1.75. The molecular formula is C41H52N6O9. The van der Waals surface area contributed by atoms with Gasteiger partial charge in [0.15, 0.2) is 11.5 Å². The van der Waals surface area contributed by atoms with E-state index in [1.54, 1.807) is 42.5 Å². The fraction of sp³-hybridized carbons (Fsp3) is 0.415. The van der Waals surface area contributed by atoms with E-state index in [1.807, 2.05) is 30.3 Å². The largest absolute Gasteiger partial charge is 0.497 e. The van der Waals surface area contributed by atoms with Crippen LogP contribution in [-0.4, -0.2) is 129 Å². The SMILES string of the molecule is COc1ccc(CC2C(=O)N[C@@H](C)C(=O)N(C)[C@@H](Cc3ccccc3)C(=O)N(C)[C@@H](Cc3ccc(OC)c(OC)c3)C(=O)N[C@H](C)C(=O)NCC(=O)N2C)cc1. The minimum atomic E-state index is -1.17. The molecule has 15 heteroatoms. The lowest BCUT2D eigenvalue weighted by atomic mass is 9.99. The van der Waals surface area contributed by atoms with Crippen molar-refractivity contribution < 1.29 is 43.0 Å². The Morgan fingerprint density at radius 2 is 1.07 bits per heavy atom. The van der Waals surface area contributed by atoms with Gasteiger partial charge >= 0.3 is 0 Å². The molecule has 0 aliphatic carbocycles. The van der Waals surface area contributed by atoms with Crippen molar-refractivity contribution in [3.63, 3.8) is 0 Å². The third kappa shape index (κ3) is 10.5. The Hall–Kier alpha value is -6.12. The highest BCUT2D eigenvalue weighted by atomic mass is 16.5. The normalized spacial score (nSPS) is 22.1. The van der Waals surface area contributed by atoms with Crippen LogP contribution in [0.3, 0.4) is 0 Å². The third-order valence-electron chi connectivity index (χ3n) is 10.0. The summed E-state index contributed by atoms with van der Waals surface area (Å²) >= 11 is 0. The predicted octanol–water partition coefficient (Wildman–Crippen LogP) is 1.36. The molecule has 6 amide bonds. The number of hydrogen-bond donors (Lipinski definition) is 3. The number of nitrogens with zero attached hydrogens (tertiary/aromatic N) is 3. The van der Waals surface area contributed by atoms with Crippen LogP contribution in [0.2, 0.25) is 0 Å². The number of likely N-dealkylation sites (N-methyl/N-ethyl adjacent to an activating group) is 3. The van der Waals surface area contributed by atoms with E-state index >= 15 is 0 Å². The van der Waals surface area contributed by atoms with Crippen LogP contribution < -0.4 is 30.2 Å². The van der Waals surface area contributed by atoms with E-state index in [4.69, 9.17) is 14.2 Å². The predicted molar refractivity (Wildman–Crippen MR) is 208 cm³/mol. The van der Waals surface area contributed by atoms with Gasteiger partial charge in [-0.25, -0.2) is 0 Å². The van der Waals surface area contributed by atoms with Crippen LogP contribution in [0, 0.1) is 0 Å². The van der Waals surface area contributed by atoms with Crippen molar-refractivity contribution in [1.82, 2.24) is 30.7 Å². The summed E-state index contributed by atoms with van der Waals surface area (Å²) in [5.74, 6) is -2.12. The molecule has 15 nitrogen and oxygen atoms in total. The Kier molecular flexibility index (Phi) is 14.8. The van der Waals surface area contributed by atoms with E-state index < -0.39 is 72.2 Å². The Labute approximate surface area is 327 Å². The van der Waals surface area contributed by atoms with Crippen LogP contribution in [0.15, 0.2) is 72.8 Å². The van der Waals surface area contributed by atoms with Crippen molar-refractivity contribution in [1.29, 1.82) is 0 Å². The second kappa shape index (κ2) is 19.5. The summed E-state index contributed by atoms with van der Waals surface area (Å²) in [6, 6.07) is 15.6. The topological polar surface area (TPSA) is 176 Å². The highest BCUT2D eigenvalue weighted by Crippen LogP contribution is 2.29. The van der Waals surface area contributed by atoms with E-state index in [0.29, 0.717) is 28.4 Å². The van der Waals surface area contributed by atoms with E-state index in [-0.39, 0.29) is 19.3 Å². The first-order valence-electron chi connectivity index (χ1n) is 18.2. The molecule has 1 aliphatic rings. The number of amides is 6. The van der Waals surface area contributed by atoms with Gasteiger partial charge in [-0.1, -0.05) is 48.5 Å². The van der Waals surface area contributed by atoms with Gasteiger partial charge in [0.2, 0.25) is 35.4 Å². The molecule has 56 heavy (non-hydrogen) atoms. The van der Waals surface area contributed by atoms with Crippen LogP contribution in [0.1, 0.15) is 30.5 Å². The molecule has 0 saturated carbocycles. The molecule has 3 aromatic carbocycles. The summed E-state index contributed by atoms with van der Waals surface area (Å²) in [6.45, 7) is 2.48.